The molecule has 0 aliphatic heterocycles. The predicted molar refractivity (Wildman–Crippen MR) is 44.1 cm³/mol. The van der Waals surface area contributed by atoms with Crippen LogP contribution >= 0.6 is 11.6 Å². The van der Waals surface area contributed by atoms with Gasteiger partial charge in [-0.05, 0) is 6.07 Å². The molecule has 1 aromatic heterocycles. The fourth-order valence-electron chi connectivity index (χ4n) is 0.771. The van der Waals surface area contributed by atoms with E-state index in [2.05, 4.69) is 4.98 Å². The van der Waals surface area contributed by atoms with Crippen molar-refractivity contribution in [1.29, 1.82) is 0 Å². The second-order valence-electron chi connectivity index (χ2n) is 2.35. The molecule has 0 bridgehead atoms. The van der Waals surface area contributed by atoms with E-state index < -0.39 is 11.7 Å². The summed E-state index contributed by atoms with van der Waals surface area (Å²) in [6.07, 6.45) is -3.70. The first kappa shape index (κ1) is 17.5. The number of hydrogen-bond donors (Lipinski definition) is 1. The molecule has 0 saturated heterocycles. The summed E-state index contributed by atoms with van der Waals surface area (Å²) in [5.41, 5.74) is 4.57. The maximum Gasteiger partial charge on any atom is 1.00 e. The van der Waals surface area contributed by atoms with Gasteiger partial charge < -0.3 is 11.2 Å². The third-order valence-electron chi connectivity index (χ3n) is 1.44. The number of aromatic nitrogens is 1. The maximum absolute atomic E-state index is 12.1. The molecular formula is C7H7ClF3N2NaO. The van der Waals surface area contributed by atoms with E-state index in [1.54, 1.807) is 0 Å². The van der Waals surface area contributed by atoms with E-state index in [0.29, 0.717) is 6.20 Å². The maximum atomic E-state index is 12.1. The molecular weight excluding hydrogens is 244 g/mol. The van der Waals surface area contributed by atoms with Gasteiger partial charge in [-0.2, -0.15) is 13.2 Å². The third kappa shape index (κ3) is 4.67. The molecule has 1 aromatic rings. The van der Waals surface area contributed by atoms with Crippen LogP contribution in [0.3, 0.4) is 0 Å². The van der Waals surface area contributed by atoms with Crippen LogP contribution in [0.15, 0.2) is 12.3 Å². The van der Waals surface area contributed by atoms with E-state index in [1.807, 2.05) is 0 Å². The number of halogens is 4. The number of rotatable bonds is 1. The van der Waals surface area contributed by atoms with Gasteiger partial charge in [0.1, 0.15) is 0 Å². The van der Waals surface area contributed by atoms with Crippen molar-refractivity contribution in [3.63, 3.8) is 0 Å². The monoisotopic (exact) mass is 250 g/mol. The molecule has 0 amide bonds. The predicted octanol–water partition coefficient (Wildman–Crippen LogP) is -0.960. The molecule has 0 spiro atoms. The molecule has 0 atom stereocenters. The van der Waals surface area contributed by atoms with E-state index in [9.17, 15) is 13.2 Å². The Labute approximate surface area is 111 Å². The Bertz CT molecular complexity index is 322. The topological polar surface area (TPSA) is 68.9 Å². The van der Waals surface area contributed by atoms with Gasteiger partial charge in [0.2, 0.25) is 0 Å². The summed E-state index contributed by atoms with van der Waals surface area (Å²) in [5.74, 6) is 0. The smallest absolute Gasteiger partial charge is 0.870 e. The zero-order valence-corrected chi connectivity index (χ0v) is 10.6. The van der Waals surface area contributed by atoms with E-state index in [1.165, 1.54) is 0 Å². The largest absolute Gasteiger partial charge is 1.00 e. The second kappa shape index (κ2) is 6.67. The summed E-state index contributed by atoms with van der Waals surface area (Å²) in [6.45, 7) is 0.0248. The van der Waals surface area contributed by atoms with Crippen LogP contribution in [-0.2, 0) is 12.7 Å². The van der Waals surface area contributed by atoms with Crippen molar-refractivity contribution in [3.05, 3.63) is 28.5 Å². The van der Waals surface area contributed by atoms with Gasteiger partial charge >= 0.3 is 35.7 Å². The number of hydrogen-bond acceptors (Lipinski definition) is 3. The van der Waals surface area contributed by atoms with E-state index in [4.69, 9.17) is 17.3 Å². The molecule has 8 heteroatoms. The summed E-state index contributed by atoms with van der Waals surface area (Å²) in [6, 6.07) is 0.816. The number of nitrogens with zero attached hydrogens (tertiary/aromatic N) is 1. The Morgan fingerprint density at radius 1 is 1.40 bits per heavy atom. The SMILES string of the molecule is NCc1ncc(C(F)(F)F)cc1Cl.[Na+].[OH-]. The molecule has 0 fully saturated rings. The minimum atomic E-state index is -4.41. The molecule has 0 aliphatic rings. The van der Waals surface area contributed by atoms with Crippen LogP contribution in [0.5, 0.6) is 0 Å². The van der Waals surface area contributed by atoms with Crippen LogP contribution in [0, 0.1) is 0 Å². The van der Waals surface area contributed by atoms with Gasteiger partial charge in [0.05, 0.1) is 16.3 Å². The Morgan fingerprint density at radius 2 is 1.93 bits per heavy atom. The molecule has 0 aliphatic carbocycles. The first-order valence-corrected chi connectivity index (χ1v) is 3.74. The van der Waals surface area contributed by atoms with Crippen molar-refractivity contribution in [2.24, 2.45) is 5.73 Å². The minimum Gasteiger partial charge on any atom is -0.870 e. The Hall–Kier alpha value is 0.150. The quantitative estimate of drug-likeness (QED) is 0.653. The van der Waals surface area contributed by atoms with Crippen LogP contribution in [0.25, 0.3) is 0 Å². The number of pyridine rings is 1. The van der Waals surface area contributed by atoms with Crippen molar-refractivity contribution in [1.82, 2.24) is 4.98 Å². The summed E-state index contributed by atoms with van der Waals surface area (Å²) in [5, 5.41) is -0.0580. The molecule has 1 heterocycles. The molecule has 0 unspecified atom stereocenters. The normalized spacial score (nSPS) is 10.2. The zero-order valence-electron chi connectivity index (χ0n) is 7.85. The fourth-order valence-corrected chi connectivity index (χ4v) is 1.01. The van der Waals surface area contributed by atoms with Gasteiger partial charge in [-0.1, -0.05) is 11.6 Å². The average molecular weight is 251 g/mol. The Balaban J connectivity index is 0. The standard InChI is InChI=1S/C7H6ClF3N2.Na.H2O/c8-5-1-4(7(9,10)11)3-13-6(5)2-12;;/h1,3H,2,12H2;;1H2/q;+1;/p-1. The number of nitrogens with two attached hydrogens (primary N) is 1. The first-order chi connectivity index (χ1) is 5.95. The van der Waals surface area contributed by atoms with Crippen LogP contribution in [-0.4, -0.2) is 10.5 Å². The summed E-state index contributed by atoms with van der Waals surface area (Å²) < 4.78 is 36.2. The van der Waals surface area contributed by atoms with Gasteiger partial charge in [-0.15, -0.1) is 0 Å². The second-order valence-corrected chi connectivity index (χ2v) is 2.76. The van der Waals surface area contributed by atoms with Gasteiger partial charge in [-0.3, -0.25) is 4.98 Å². The van der Waals surface area contributed by atoms with E-state index >= 15 is 0 Å². The van der Waals surface area contributed by atoms with Gasteiger partial charge in [0.15, 0.2) is 0 Å². The van der Waals surface area contributed by atoms with E-state index in [-0.39, 0.29) is 52.3 Å². The molecule has 1 rings (SSSR count). The van der Waals surface area contributed by atoms with Crippen LogP contribution in [0.1, 0.15) is 11.3 Å². The van der Waals surface area contributed by atoms with Crippen LogP contribution in [0.2, 0.25) is 5.02 Å². The van der Waals surface area contributed by atoms with Crippen LogP contribution in [0.4, 0.5) is 13.2 Å². The van der Waals surface area contributed by atoms with Gasteiger partial charge in [0.25, 0.3) is 0 Å². The van der Waals surface area contributed by atoms with Crippen molar-refractivity contribution in [2.75, 3.05) is 0 Å². The van der Waals surface area contributed by atoms with Crippen molar-refractivity contribution in [2.45, 2.75) is 12.7 Å². The Morgan fingerprint density at radius 3 is 2.27 bits per heavy atom. The number of alkyl halides is 3. The fraction of sp³-hybridized carbons (Fsp3) is 0.286. The molecule has 3 N–H and O–H groups in total. The van der Waals surface area contributed by atoms with Crippen molar-refractivity contribution >= 4 is 11.6 Å². The van der Waals surface area contributed by atoms with Gasteiger partial charge in [0, 0.05) is 12.7 Å². The van der Waals surface area contributed by atoms with E-state index in [0.717, 1.165) is 6.07 Å². The summed E-state index contributed by atoms with van der Waals surface area (Å²) >= 11 is 5.49. The molecule has 3 nitrogen and oxygen atoms in total. The van der Waals surface area contributed by atoms with Crippen molar-refractivity contribution < 1.29 is 48.2 Å². The average Bonchev–Trinajstić information content (AvgIpc) is 2.02. The Kier molecular flexibility index (Phi) is 7.80. The minimum absolute atomic E-state index is 0. The first-order valence-electron chi connectivity index (χ1n) is 3.37. The van der Waals surface area contributed by atoms with Crippen molar-refractivity contribution in [3.8, 4) is 0 Å². The van der Waals surface area contributed by atoms with Gasteiger partial charge in [-0.25, -0.2) is 0 Å². The third-order valence-corrected chi connectivity index (χ3v) is 1.77. The molecule has 15 heavy (non-hydrogen) atoms. The zero-order chi connectivity index (χ0) is 10.1. The summed E-state index contributed by atoms with van der Waals surface area (Å²) in [4.78, 5) is 3.49. The summed E-state index contributed by atoms with van der Waals surface area (Å²) in [7, 11) is 0. The molecule has 0 saturated carbocycles. The molecule has 0 aromatic carbocycles. The molecule has 80 valence electrons. The molecule has 0 radical (unpaired) electrons. The van der Waals surface area contributed by atoms with Crippen LogP contribution < -0.4 is 35.3 Å².